The van der Waals surface area contributed by atoms with Crippen molar-refractivity contribution >= 4 is 13.7 Å². The van der Waals surface area contributed by atoms with Crippen LogP contribution < -0.4 is 5.19 Å². The van der Waals surface area contributed by atoms with E-state index in [0.717, 1.165) is 19.3 Å². The Bertz CT molecular complexity index is 321. The van der Waals surface area contributed by atoms with E-state index in [4.69, 9.17) is 8.85 Å². The Morgan fingerprint density at radius 2 is 1.47 bits per heavy atom. The second kappa shape index (κ2) is 9.29. The number of hydrogen-bond donors (Lipinski definition) is 0. The first kappa shape index (κ1) is 16.4. The van der Waals surface area contributed by atoms with Crippen molar-refractivity contribution in [3.05, 3.63) is 30.3 Å². The van der Waals surface area contributed by atoms with E-state index in [1.54, 1.807) is 0 Å². The molecule has 0 radical (unpaired) electrons. The molecule has 0 saturated carbocycles. The van der Waals surface area contributed by atoms with Gasteiger partial charge in [0.2, 0.25) is 0 Å². The zero-order chi connectivity index (χ0) is 14.0. The molecule has 19 heavy (non-hydrogen) atoms. The molecule has 0 aliphatic rings. The zero-order valence-corrected chi connectivity index (χ0v) is 13.7. The molecule has 0 fully saturated rings. The fourth-order valence-electron chi connectivity index (χ4n) is 2.44. The number of rotatable bonds is 10. The summed E-state index contributed by atoms with van der Waals surface area (Å²) in [5.74, 6) is 0. The highest BCUT2D eigenvalue weighted by atomic mass is 28.4. The summed E-state index contributed by atoms with van der Waals surface area (Å²) in [6.07, 6.45) is 5.05. The minimum Gasteiger partial charge on any atom is -0.391 e. The van der Waals surface area contributed by atoms with E-state index in [1.165, 1.54) is 30.9 Å². The SMILES string of the molecule is CCCCCC[Si](OCC)(OCC)c1ccccc1. The highest BCUT2D eigenvalue weighted by molar-refractivity contribution is 6.81. The molecule has 1 rings (SSSR count). The summed E-state index contributed by atoms with van der Waals surface area (Å²) in [5, 5.41) is 1.27. The molecule has 0 aromatic heterocycles. The van der Waals surface area contributed by atoms with Gasteiger partial charge in [-0.25, -0.2) is 0 Å². The Labute approximate surface area is 119 Å². The van der Waals surface area contributed by atoms with Crippen molar-refractivity contribution in [2.24, 2.45) is 0 Å². The van der Waals surface area contributed by atoms with Crippen molar-refractivity contribution in [2.45, 2.75) is 52.5 Å². The van der Waals surface area contributed by atoms with Gasteiger partial charge in [0, 0.05) is 13.2 Å². The highest BCUT2D eigenvalue weighted by Gasteiger charge is 2.38. The molecule has 0 bridgehead atoms. The average Bonchev–Trinajstić information content (AvgIpc) is 2.45. The van der Waals surface area contributed by atoms with Gasteiger partial charge < -0.3 is 8.85 Å². The average molecular weight is 280 g/mol. The summed E-state index contributed by atoms with van der Waals surface area (Å²) in [4.78, 5) is 0. The Morgan fingerprint density at radius 3 is 2.00 bits per heavy atom. The van der Waals surface area contributed by atoms with Gasteiger partial charge in [-0.2, -0.15) is 0 Å². The Hall–Kier alpha value is -0.643. The summed E-state index contributed by atoms with van der Waals surface area (Å²) >= 11 is 0. The van der Waals surface area contributed by atoms with Gasteiger partial charge in [-0.05, 0) is 25.1 Å². The van der Waals surface area contributed by atoms with E-state index in [9.17, 15) is 0 Å². The fourth-order valence-corrected chi connectivity index (χ4v) is 5.78. The summed E-state index contributed by atoms with van der Waals surface area (Å²) in [5.41, 5.74) is 0. The predicted molar refractivity (Wildman–Crippen MR) is 84.0 cm³/mol. The second-order valence-corrected chi connectivity index (χ2v) is 7.96. The molecular weight excluding hydrogens is 252 g/mol. The standard InChI is InChI=1S/C16H28O2Si/c1-4-7-8-12-15-19(17-5-2,18-6-3)16-13-10-9-11-14-16/h9-11,13-14H,4-8,12,15H2,1-3H3. The topological polar surface area (TPSA) is 18.5 Å². The van der Waals surface area contributed by atoms with Gasteiger partial charge in [0.05, 0.1) is 0 Å². The van der Waals surface area contributed by atoms with Crippen LogP contribution in [0.5, 0.6) is 0 Å². The molecule has 2 nitrogen and oxygen atoms in total. The van der Waals surface area contributed by atoms with Crippen molar-refractivity contribution in [1.82, 2.24) is 0 Å². The minimum atomic E-state index is -2.22. The largest absolute Gasteiger partial charge is 0.391 e. The monoisotopic (exact) mass is 280 g/mol. The van der Waals surface area contributed by atoms with Gasteiger partial charge in [0.15, 0.2) is 0 Å². The van der Waals surface area contributed by atoms with Gasteiger partial charge in [-0.1, -0.05) is 62.9 Å². The van der Waals surface area contributed by atoms with Crippen LogP contribution in [0.2, 0.25) is 6.04 Å². The van der Waals surface area contributed by atoms with Crippen LogP contribution in [0.1, 0.15) is 46.5 Å². The molecule has 0 saturated heterocycles. The molecule has 0 aliphatic carbocycles. The van der Waals surface area contributed by atoms with Crippen LogP contribution in [0, 0.1) is 0 Å². The van der Waals surface area contributed by atoms with Crippen molar-refractivity contribution in [3.8, 4) is 0 Å². The van der Waals surface area contributed by atoms with Gasteiger partial charge in [-0.3, -0.25) is 0 Å². The van der Waals surface area contributed by atoms with Crippen molar-refractivity contribution < 1.29 is 8.85 Å². The maximum absolute atomic E-state index is 6.15. The van der Waals surface area contributed by atoms with E-state index in [-0.39, 0.29) is 0 Å². The van der Waals surface area contributed by atoms with Crippen LogP contribution in [0.3, 0.4) is 0 Å². The highest BCUT2D eigenvalue weighted by Crippen LogP contribution is 2.19. The van der Waals surface area contributed by atoms with E-state index < -0.39 is 8.56 Å². The van der Waals surface area contributed by atoms with Gasteiger partial charge in [-0.15, -0.1) is 0 Å². The van der Waals surface area contributed by atoms with Crippen LogP contribution in [0.25, 0.3) is 0 Å². The third kappa shape index (κ3) is 5.09. The summed E-state index contributed by atoms with van der Waals surface area (Å²) in [7, 11) is -2.22. The third-order valence-corrected chi connectivity index (χ3v) is 7.06. The van der Waals surface area contributed by atoms with Crippen LogP contribution >= 0.6 is 0 Å². The fraction of sp³-hybridized carbons (Fsp3) is 0.625. The quantitative estimate of drug-likeness (QED) is 0.476. The Kier molecular flexibility index (Phi) is 8.02. The maximum Gasteiger partial charge on any atom is 0.372 e. The molecule has 0 amide bonds. The lowest BCUT2D eigenvalue weighted by molar-refractivity contribution is 0.194. The normalized spacial score (nSPS) is 11.7. The molecule has 0 N–H and O–H groups in total. The van der Waals surface area contributed by atoms with Crippen molar-refractivity contribution in [3.63, 3.8) is 0 Å². The third-order valence-electron chi connectivity index (χ3n) is 3.33. The maximum atomic E-state index is 6.15. The number of hydrogen-bond acceptors (Lipinski definition) is 2. The lowest BCUT2D eigenvalue weighted by Crippen LogP contribution is -2.53. The molecule has 0 spiro atoms. The lowest BCUT2D eigenvalue weighted by Gasteiger charge is -2.30. The summed E-state index contributed by atoms with van der Waals surface area (Å²) < 4.78 is 12.3. The van der Waals surface area contributed by atoms with Gasteiger partial charge in [0.25, 0.3) is 0 Å². The van der Waals surface area contributed by atoms with E-state index in [0.29, 0.717) is 0 Å². The van der Waals surface area contributed by atoms with E-state index >= 15 is 0 Å². The van der Waals surface area contributed by atoms with Crippen LogP contribution in [-0.2, 0) is 8.85 Å². The molecule has 0 atom stereocenters. The van der Waals surface area contributed by atoms with Crippen molar-refractivity contribution in [1.29, 1.82) is 0 Å². The minimum absolute atomic E-state index is 0.731. The summed E-state index contributed by atoms with van der Waals surface area (Å²) in [6, 6.07) is 11.6. The molecule has 3 heteroatoms. The molecule has 1 aromatic rings. The van der Waals surface area contributed by atoms with Gasteiger partial charge >= 0.3 is 8.56 Å². The van der Waals surface area contributed by atoms with E-state index in [2.05, 4.69) is 51.1 Å². The number of benzene rings is 1. The smallest absolute Gasteiger partial charge is 0.372 e. The van der Waals surface area contributed by atoms with Crippen LogP contribution in [0.4, 0.5) is 0 Å². The lowest BCUT2D eigenvalue weighted by atomic mass is 10.2. The van der Waals surface area contributed by atoms with E-state index in [1.807, 2.05) is 0 Å². The molecular formula is C16H28O2Si. The van der Waals surface area contributed by atoms with Crippen LogP contribution in [0.15, 0.2) is 30.3 Å². The molecule has 0 aliphatic heterocycles. The van der Waals surface area contributed by atoms with Gasteiger partial charge in [0.1, 0.15) is 0 Å². The molecule has 108 valence electrons. The predicted octanol–water partition coefficient (Wildman–Crippen LogP) is 3.99. The first-order chi connectivity index (χ1) is 9.29. The Balaban J connectivity index is 2.81. The zero-order valence-electron chi connectivity index (χ0n) is 12.7. The summed E-state index contributed by atoms with van der Waals surface area (Å²) in [6.45, 7) is 7.84. The first-order valence-corrected chi connectivity index (χ1v) is 9.64. The Morgan fingerprint density at radius 1 is 0.842 bits per heavy atom. The first-order valence-electron chi connectivity index (χ1n) is 7.62. The van der Waals surface area contributed by atoms with Crippen molar-refractivity contribution in [2.75, 3.05) is 13.2 Å². The molecule has 0 heterocycles. The molecule has 0 unspecified atom stereocenters. The number of unbranched alkanes of at least 4 members (excludes halogenated alkanes) is 3. The second-order valence-electron chi connectivity index (χ2n) is 4.80. The molecule has 1 aromatic carbocycles. The van der Waals surface area contributed by atoms with Crippen LogP contribution in [-0.4, -0.2) is 21.8 Å².